The maximum Gasteiger partial charge on any atom is 0.0480 e. The Morgan fingerprint density at radius 2 is 1.80 bits per heavy atom. The zero-order valence-corrected chi connectivity index (χ0v) is 14.2. The molecule has 0 aromatic heterocycles. The predicted molar refractivity (Wildman–Crippen MR) is 91.7 cm³/mol. The standard InChI is InChI=1S/C18H29NS/c1-18(2,3)14-8-7-9-15(13-12-14)19-16-10-5-6-11-17(16)20-4/h5-6,10-11,14-15,19H,7-9,12-13H2,1-4H3. The first kappa shape index (κ1) is 15.8. The lowest BCUT2D eigenvalue weighted by molar-refractivity contribution is 0.214. The van der Waals surface area contributed by atoms with Crippen molar-refractivity contribution in [2.75, 3.05) is 11.6 Å². The van der Waals surface area contributed by atoms with Gasteiger partial charge in [-0.1, -0.05) is 39.3 Å². The van der Waals surface area contributed by atoms with E-state index in [1.165, 1.54) is 42.7 Å². The van der Waals surface area contributed by atoms with Gasteiger partial charge in [0.15, 0.2) is 0 Å². The highest BCUT2D eigenvalue weighted by Crippen LogP contribution is 2.37. The minimum absolute atomic E-state index is 0.464. The Hall–Kier alpha value is -0.630. The predicted octanol–water partition coefficient (Wildman–Crippen LogP) is 5.82. The topological polar surface area (TPSA) is 12.0 Å². The third-order valence-corrected chi connectivity index (χ3v) is 5.46. The van der Waals surface area contributed by atoms with Crippen LogP contribution in [0.2, 0.25) is 0 Å². The van der Waals surface area contributed by atoms with Gasteiger partial charge in [-0.2, -0.15) is 0 Å². The number of rotatable bonds is 3. The number of hydrogen-bond donors (Lipinski definition) is 1. The fourth-order valence-corrected chi connectivity index (χ4v) is 3.86. The molecule has 1 saturated carbocycles. The van der Waals surface area contributed by atoms with E-state index in [2.05, 4.69) is 56.6 Å². The van der Waals surface area contributed by atoms with Gasteiger partial charge in [0.2, 0.25) is 0 Å². The van der Waals surface area contributed by atoms with Crippen LogP contribution in [0.25, 0.3) is 0 Å². The Labute approximate surface area is 128 Å². The van der Waals surface area contributed by atoms with Crippen molar-refractivity contribution in [1.29, 1.82) is 0 Å². The molecular formula is C18H29NS. The van der Waals surface area contributed by atoms with E-state index in [9.17, 15) is 0 Å². The Morgan fingerprint density at radius 3 is 2.50 bits per heavy atom. The molecule has 2 rings (SSSR count). The lowest BCUT2D eigenvalue weighted by Crippen LogP contribution is -2.21. The normalized spacial score (nSPS) is 24.2. The maximum absolute atomic E-state index is 3.79. The second-order valence-electron chi connectivity index (χ2n) is 7.11. The second kappa shape index (κ2) is 6.89. The third kappa shape index (κ3) is 4.18. The summed E-state index contributed by atoms with van der Waals surface area (Å²) in [6.07, 6.45) is 8.90. The second-order valence-corrected chi connectivity index (χ2v) is 7.96. The van der Waals surface area contributed by atoms with E-state index in [1.807, 2.05) is 11.8 Å². The minimum Gasteiger partial charge on any atom is -0.381 e. The average Bonchev–Trinajstić information content (AvgIpc) is 2.64. The summed E-state index contributed by atoms with van der Waals surface area (Å²) < 4.78 is 0. The fraction of sp³-hybridized carbons (Fsp3) is 0.667. The summed E-state index contributed by atoms with van der Waals surface area (Å²) in [5.41, 5.74) is 1.78. The van der Waals surface area contributed by atoms with Gasteiger partial charge in [0.1, 0.15) is 0 Å². The SMILES string of the molecule is CSc1ccccc1NC1CCCC(C(C)(C)C)CC1. The molecule has 20 heavy (non-hydrogen) atoms. The van der Waals surface area contributed by atoms with Gasteiger partial charge in [-0.25, -0.2) is 0 Å². The molecule has 2 heteroatoms. The highest BCUT2D eigenvalue weighted by atomic mass is 32.2. The number of thioether (sulfide) groups is 1. The zero-order valence-electron chi connectivity index (χ0n) is 13.4. The quantitative estimate of drug-likeness (QED) is 0.556. The zero-order chi connectivity index (χ0) is 14.6. The van der Waals surface area contributed by atoms with Crippen molar-refractivity contribution in [3.8, 4) is 0 Å². The van der Waals surface area contributed by atoms with Crippen LogP contribution in [0.1, 0.15) is 52.9 Å². The van der Waals surface area contributed by atoms with Crippen LogP contribution >= 0.6 is 11.8 Å². The van der Waals surface area contributed by atoms with Crippen LogP contribution in [0.4, 0.5) is 5.69 Å². The first-order valence-corrected chi connectivity index (χ1v) is 9.12. The van der Waals surface area contributed by atoms with E-state index < -0.39 is 0 Å². The summed E-state index contributed by atoms with van der Waals surface area (Å²) in [5.74, 6) is 0.880. The van der Waals surface area contributed by atoms with Crippen molar-refractivity contribution in [3.63, 3.8) is 0 Å². The van der Waals surface area contributed by atoms with Crippen molar-refractivity contribution in [2.45, 2.75) is 63.8 Å². The number of anilines is 1. The fourth-order valence-electron chi connectivity index (χ4n) is 3.30. The van der Waals surface area contributed by atoms with Crippen molar-refractivity contribution < 1.29 is 0 Å². The molecule has 1 aromatic rings. The van der Waals surface area contributed by atoms with E-state index in [4.69, 9.17) is 0 Å². The van der Waals surface area contributed by atoms with Gasteiger partial charge >= 0.3 is 0 Å². The van der Waals surface area contributed by atoms with E-state index in [1.54, 1.807) is 0 Å². The summed E-state index contributed by atoms with van der Waals surface area (Å²) in [6.45, 7) is 7.19. The van der Waals surface area contributed by atoms with Crippen molar-refractivity contribution in [2.24, 2.45) is 11.3 Å². The van der Waals surface area contributed by atoms with E-state index >= 15 is 0 Å². The molecule has 112 valence electrons. The van der Waals surface area contributed by atoms with Gasteiger partial charge in [-0.3, -0.25) is 0 Å². The monoisotopic (exact) mass is 291 g/mol. The first-order valence-electron chi connectivity index (χ1n) is 7.90. The Bertz CT molecular complexity index is 422. The molecule has 2 unspecified atom stereocenters. The minimum atomic E-state index is 0.464. The van der Waals surface area contributed by atoms with Crippen molar-refractivity contribution in [3.05, 3.63) is 24.3 Å². The largest absolute Gasteiger partial charge is 0.381 e. The molecule has 1 fully saturated rings. The van der Waals surface area contributed by atoms with Gasteiger partial charge in [0, 0.05) is 16.6 Å². The van der Waals surface area contributed by atoms with Gasteiger partial charge in [0.25, 0.3) is 0 Å². The maximum atomic E-state index is 3.79. The van der Waals surface area contributed by atoms with Crippen LogP contribution in [-0.2, 0) is 0 Å². The molecule has 1 N–H and O–H groups in total. The molecular weight excluding hydrogens is 262 g/mol. The van der Waals surface area contributed by atoms with E-state index in [0.29, 0.717) is 11.5 Å². The molecule has 0 amide bonds. The Balaban J connectivity index is 1.97. The molecule has 2 atom stereocenters. The highest BCUT2D eigenvalue weighted by molar-refractivity contribution is 7.98. The molecule has 0 heterocycles. The molecule has 1 aromatic carbocycles. The van der Waals surface area contributed by atoms with Crippen LogP contribution in [-0.4, -0.2) is 12.3 Å². The molecule has 0 bridgehead atoms. The average molecular weight is 292 g/mol. The molecule has 0 spiro atoms. The summed E-state index contributed by atoms with van der Waals surface area (Å²) in [7, 11) is 0. The number of hydrogen-bond acceptors (Lipinski definition) is 2. The van der Waals surface area contributed by atoms with Crippen LogP contribution in [0.3, 0.4) is 0 Å². The van der Waals surface area contributed by atoms with Crippen LogP contribution in [0, 0.1) is 11.3 Å². The first-order chi connectivity index (χ1) is 9.50. The van der Waals surface area contributed by atoms with Gasteiger partial charge < -0.3 is 5.32 Å². The molecule has 1 nitrogen and oxygen atoms in total. The van der Waals surface area contributed by atoms with Crippen LogP contribution in [0.5, 0.6) is 0 Å². The number of benzene rings is 1. The van der Waals surface area contributed by atoms with Crippen LogP contribution in [0.15, 0.2) is 29.2 Å². The summed E-state index contributed by atoms with van der Waals surface area (Å²) in [4.78, 5) is 1.36. The van der Waals surface area contributed by atoms with Crippen molar-refractivity contribution in [1.82, 2.24) is 0 Å². The van der Waals surface area contributed by atoms with Gasteiger partial charge in [-0.15, -0.1) is 11.8 Å². The summed E-state index contributed by atoms with van der Waals surface area (Å²) in [5, 5.41) is 3.79. The molecule has 0 aliphatic heterocycles. The number of para-hydroxylation sites is 1. The smallest absolute Gasteiger partial charge is 0.0480 e. The molecule has 1 aliphatic carbocycles. The lowest BCUT2D eigenvalue weighted by atomic mass is 9.76. The molecule has 0 radical (unpaired) electrons. The van der Waals surface area contributed by atoms with Crippen LogP contribution < -0.4 is 5.32 Å². The highest BCUT2D eigenvalue weighted by Gasteiger charge is 2.27. The Kier molecular flexibility index (Phi) is 5.42. The summed E-state index contributed by atoms with van der Waals surface area (Å²) in [6, 6.07) is 9.34. The van der Waals surface area contributed by atoms with E-state index in [0.717, 1.165) is 5.92 Å². The van der Waals surface area contributed by atoms with Crippen molar-refractivity contribution >= 4 is 17.4 Å². The Morgan fingerprint density at radius 1 is 1.05 bits per heavy atom. The molecule has 0 saturated heterocycles. The van der Waals surface area contributed by atoms with Gasteiger partial charge in [-0.05, 0) is 55.4 Å². The number of nitrogens with one attached hydrogen (secondary N) is 1. The lowest BCUT2D eigenvalue weighted by Gasteiger charge is -2.29. The van der Waals surface area contributed by atoms with Gasteiger partial charge in [0.05, 0.1) is 0 Å². The third-order valence-electron chi connectivity index (χ3n) is 4.66. The summed E-state index contributed by atoms with van der Waals surface area (Å²) >= 11 is 1.83. The molecule has 1 aliphatic rings. The van der Waals surface area contributed by atoms with E-state index in [-0.39, 0.29) is 0 Å².